The molecule has 1 saturated carbocycles. The minimum Gasteiger partial charge on any atom is -0.319 e. The van der Waals surface area contributed by atoms with Gasteiger partial charge in [0.25, 0.3) is 0 Å². The highest BCUT2D eigenvalue weighted by molar-refractivity contribution is 4.89. The molecule has 2 aliphatic rings. The minimum atomic E-state index is 0.606. The van der Waals surface area contributed by atoms with Crippen LogP contribution in [0.25, 0.3) is 0 Å². The predicted octanol–water partition coefficient (Wildman–Crippen LogP) is 2.50. The Morgan fingerprint density at radius 3 is 2.38 bits per heavy atom. The zero-order chi connectivity index (χ0) is 11.4. The molecule has 0 aromatic rings. The fraction of sp³-hybridized carbons (Fsp3) is 1.00. The summed E-state index contributed by atoms with van der Waals surface area (Å²) in [6, 6.07) is 0. The van der Waals surface area contributed by atoms with Crippen molar-refractivity contribution >= 4 is 0 Å². The molecule has 1 N–H and O–H groups in total. The van der Waals surface area contributed by atoms with E-state index in [9.17, 15) is 0 Å². The van der Waals surface area contributed by atoms with Gasteiger partial charge in [0.15, 0.2) is 0 Å². The molecule has 16 heavy (non-hydrogen) atoms. The van der Waals surface area contributed by atoms with Crippen LogP contribution < -0.4 is 5.32 Å². The van der Waals surface area contributed by atoms with Crippen molar-refractivity contribution in [1.82, 2.24) is 10.2 Å². The lowest BCUT2D eigenvalue weighted by Gasteiger charge is -2.38. The van der Waals surface area contributed by atoms with Gasteiger partial charge < -0.3 is 10.2 Å². The van der Waals surface area contributed by atoms with Crippen molar-refractivity contribution in [2.45, 2.75) is 45.4 Å². The van der Waals surface area contributed by atoms with E-state index in [0.29, 0.717) is 5.41 Å². The maximum absolute atomic E-state index is 3.42. The topological polar surface area (TPSA) is 15.3 Å². The highest BCUT2D eigenvalue weighted by Gasteiger charge is 2.35. The van der Waals surface area contributed by atoms with Gasteiger partial charge in [0.2, 0.25) is 0 Å². The van der Waals surface area contributed by atoms with Crippen molar-refractivity contribution in [3.63, 3.8) is 0 Å². The van der Waals surface area contributed by atoms with E-state index >= 15 is 0 Å². The average molecular weight is 224 g/mol. The fourth-order valence-electron chi connectivity index (χ4n) is 3.59. The van der Waals surface area contributed by atoms with Gasteiger partial charge >= 0.3 is 0 Å². The standard InChI is InChI=1S/C14H28N2/c1-13-5-9-16(10-6-13)12-14(11-15-2)7-3-4-8-14/h13,15H,3-12H2,1-2H3. The molecule has 0 radical (unpaired) electrons. The van der Waals surface area contributed by atoms with Crippen molar-refractivity contribution in [2.75, 3.05) is 33.2 Å². The molecule has 2 nitrogen and oxygen atoms in total. The predicted molar refractivity (Wildman–Crippen MR) is 69.7 cm³/mol. The highest BCUT2D eigenvalue weighted by Crippen LogP contribution is 2.38. The molecule has 0 aromatic carbocycles. The molecule has 1 aliphatic heterocycles. The van der Waals surface area contributed by atoms with E-state index in [1.165, 1.54) is 64.7 Å². The van der Waals surface area contributed by atoms with Crippen molar-refractivity contribution in [3.8, 4) is 0 Å². The summed E-state index contributed by atoms with van der Waals surface area (Å²) in [5, 5.41) is 3.42. The fourth-order valence-corrected chi connectivity index (χ4v) is 3.59. The highest BCUT2D eigenvalue weighted by atomic mass is 15.1. The van der Waals surface area contributed by atoms with Crippen molar-refractivity contribution in [1.29, 1.82) is 0 Å². The summed E-state index contributed by atoms with van der Waals surface area (Å²) < 4.78 is 0. The quantitative estimate of drug-likeness (QED) is 0.789. The molecule has 1 saturated heterocycles. The van der Waals surface area contributed by atoms with E-state index in [2.05, 4.69) is 24.2 Å². The van der Waals surface area contributed by atoms with E-state index in [1.54, 1.807) is 0 Å². The largest absolute Gasteiger partial charge is 0.319 e. The molecule has 2 heteroatoms. The van der Waals surface area contributed by atoms with Gasteiger partial charge in [0.05, 0.1) is 0 Å². The van der Waals surface area contributed by atoms with Gasteiger partial charge in [0.1, 0.15) is 0 Å². The summed E-state index contributed by atoms with van der Waals surface area (Å²) in [6.07, 6.45) is 8.61. The first-order valence-electron chi connectivity index (χ1n) is 7.11. The Morgan fingerprint density at radius 1 is 1.19 bits per heavy atom. The molecule has 0 spiro atoms. The van der Waals surface area contributed by atoms with Crippen molar-refractivity contribution in [3.05, 3.63) is 0 Å². The number of likely N-dealkylation sites (tertiary alicyclic amines) is 1. The average Bonchev–Trinajstić information content (AvgIpc) is 2.71. The van der Waals surface area contributed by atoms with Gasteiger partial charge in [-0.1, -0.05) is 19.8 Å². The van der Waals surface area contributed by atoms with Crippen LogP contribution in [-0.2, 0) is 0 Å². The second kappa shape index (κ2) is 5.50. The van der Waals surface area contributed by atoms with E-state index in [-0.39, 0.29) is 0 Å². The van der Waals surface area contributed by atoms with E-state index in [0.717, 1.165) is 5.92 Å². The third kappa shape index (κ3) is 2.98. The Balaban J connectivity index is 1.85. The van der Waals surface area contributed by atoms with Gasteiger partial charge in [-0.3, -0.25) is 0 Å². The first-order chi connectivity index (χ1) is 7.74. The summed E-state index contributed by atoms with van der Waals surface area (Å²) in [4.78, 5) is 2.72. The Morgan fingerprint density at radius 2 is 1.81 bits per heavy atom. The van der Waals surface area contributed by atoms with Crippen LogP contribution in [-0.4, -0.2) is 38.1 Å². The molecule has 0 aromatic heterocycles. The first kappa shape index (κ1) is 12.4. The first-order valence-corrected chi connectivity index (χ1v) is 7.11. The van der Waals surface area contributed by atoms with E-state index in [4.69, 9.17) is 0 Å². The molecule has 0 bridgehead atoms. The molecular formula is C14H28N2. The Bertz CT molecular complexity index is 201. The molecule has 2 rings (SSSR count). The van der Waals surface area contributed by atoms with Crippen molar-refractivity contribution < 1.29 is 0 Å². The van der Waals surface area contributed by atoms with Crippen molar-refractivity contribution in [2.24, 2.45) is 11.3 Å². The van der Waals surface area contributed by atoms with Crippen LogP contribution in [0.2, 0.25) is 0 Å². The zero-order valence-electron chi connectivity index (χ0n) is 11.1. The number of nitrogens with zero attached hydrogens (tertiary/aromatic N) is 1. The molecule has 0 amide bonds. The number of rotatable bonds is 4. The molecule has 1 aliphatic carbocycles. The molecule has 2 fully saturated rings. The second-order valence-electron chi connectivity index (χ2n) is 6.20. The summed E-state index contributed by atoms with van der Waals surface area (Å²) in [5.41, 5.74) is 0.606. The van der Waals surface area contributed by atoms with Crippen LogP contribution in [0, 0.1) is 11.3 Å². The third-order valence-electron chi connectivity index (χ3n) is 4.65. The van der Waals surface area contributed by atoms with E-state index in [1.807, 2.05) is 0 Å². The molecule has 0 unspecified atom stereocenters. The number of hydrogen-bond donors (Lipinski definition) is 1. The van der Waals surface area contributed by atoms with Gasteiger partial charge in [-0.05, 0) is 57.2 Å². The molecular weight excluding hydrogens is 196 g/mol. The third-order valence-corrected chi connectivity index (χ3v) is 4.65. The Labute approximate surface area is 101 Å². The smallest absolute Gasteiger partial charge is 0.00501 e. The Kier molecular flexibility index (Phi) is 4.26. The second-order valence-corrected chi connectivity index (χ2v) is 6.20. The van der Waals surface area contributed by atoms with Crippen LogP contribution in [0.1, 0.15) is 45.4 Å². The lowest BCUT2D eigenvalue weighted by Crippen LogP contribution is -2.44. The maximum atomic E-state index is 3.42. The monoisotopic (exact) mass is 224 g/mol. The van der Waals surface area contributed by atoms with E-state index < -0.39 is 0 Å². The minimum absolute atomic E-state index is 0.606. The summed E-state index contributed by atoms with van der Waals surface area (Å²) in [7, 11) is 2.11. The van der Waals surface area contributed by atoms with Crippen LogP contribution in [0.4, 0.5) is 0 Å². The summed E-state index contributed by atoms with van der Waals surface area (Å²) >= 11 is 0. The van der Waals surface area contributed by atoms with Gasteiger partial charge in [-0.15, -0.1) is 0 Å². The Hall–Kier alpha value is -0.0800. The van der Waals surface area contributed by atoms with Gasteiger partial charge in [-0.25, -0.2) is 0 Å². The molecule has 94 valence electrons. The maximum Gasteiger partial charge on any atom is 0.00501 e. The number of nitrogens with one attached hydrogen (secondary N) is 1. The van der Waals surface area contributed by atoms with Crippen LogP contribution in [0.5, 0.6) is 0 Å². The van der Waals surface area contributed by atoms with Crippen LogP contribution in [0.3, 0.4) is 0 Å². The van der Waals surface area contributed by atoms with Crippen LogP contribution in [0.15, 0.2) is 0 Å². The zero-order valence-corrected chi connectivity index (χ0v) is 11.1. The summed E-state index contributed by atoms with van der Waals surface area (Å²) in [6.45, 7) is 7.65. The number of hydrogen-bond acceptors (Lipinski definition) is 2. The van der Waals surface area contributed by atoms with Gasteiger partial charge in [0, 0.05) is 13.1 Å². The van der Waals surface area contributed by atoms with Gasteiger partial charge in [-0.2, -0.15) is 0 Å². The number of piperidine rings is 1. The SMILES string of the molecule is CNCC1(CN2CCC(C)CC2)CCCC1. The normalized spacial score (nSPS) is 27.4. The lowest BCUT2D eigenvalue weighted by atomic mass is 9.84. The van der Waals surface area contributed by atoms with Crippen LogP contribution >= 0.6 is 0 Å². The lowest BCUT2D eigenvalue weighted by molar-refractivity contribution is 0.115. The molecule has 0 atom stereocenters. The molecule has 1 heterocycles. The summed E-state index contributed by atoms with van der Waals surface area (Å²) in [5.74, 6) is 0.958.